The van der Waals surface area contributed by atoms with E-state index < -0.39 is 20.8 Å². The Morgan fingerprint density at radius 2 is 1.89 bits per heavy atom. The fraction of sp³-hybridized carbons (Fsp3) is 0.588. The molecule has 1 aliphatic rings. The van der Waals surface area contributed by atoms with Crippen molar-refractivity contribution in [2.24, 2.45) is 11.7 Å². The molecule has 1 aliphatic heterocycles. The van der Waals surface area contributed by atoms with Crippen LogP contribution >= 0.6 is 0 Å². The first-order valence-corrected chi connectivity index (χ1v) is 10.7. The number of nitro groups is 1. The molecular formula is C17H26N4O5S. The number of benzene rings is 1. The maximum Gasteiger partial charge on any atom is 0.293 e. The smallest absolute Gasteiger partial charge is 0.293 e. The first-order chi connectivity index (χ1) is 12.6. The highest BCUT2D eigenvalue weighted by atomic mass is 32.2. The van der Waals surface area contributed by atoms with Gasteiger partial charge in [0.2, 0.25) is 5.91 Å². The number of nitro benzene ring substituents is 1. The van der Waals surface area contributed by atoms with Crippen LogP contribution in [-0.2, 0) is 14.6 Å². The number of sulfone groups is 1. The molecule has 150 valence electrons. The van der Waals surface area contributed by atoms with E-state index in [1.807, 2.05) is 13.8 Å². The Kier molecular flexibility index (Phi) is 6.42. The van der Waals surface area contributed by atoms with E-state index in [1.54, 1.807) is 9.80 Å². The van der Waals surface area contributed by atoms with Gasteiger partial charge < -0.3 is 15.5 Å². The Labute approximate surface area is 159 Å². The molecule has 1 amide bonds. The zero-order valence-corrected chi connectivity index (χ0v) is 16.6. The molecule has 0 aromatic heterocycles. The van der Waals surface area contributed by atoms with Crippen molar-refractivity contribution in [3.8, 4) is 0 Å². The number of rotatable bonds is 6. The van der Waals surface area contributed by atoms with Gasteiger partial charge in [-0.15, -0.1) is 0 Å². The summed E-state index contributed by atoms with van der Waals surface area (Å²) in [4.78, 5) is 26.7. The minimum absolute atomic E-state index is 0.0835. The summed E-state index contributed by atoms with van der Waals surface area (Å²) in [7, 11) is -3.54. The lowest BCUT2D eigenvalue weighted by Crippen LogP contribution is -2.54. The first kappa shape index (κ1) is 21.1. The topological polar surface area (TPSA) is 127 Å². The van der Waals surface area contributed by atoms with Crippen LogP contribution in [0.1, 0.15) is 20.3 Å². The third-order valence-corrected chi connectivity index (χ3v) is 6.16. The van der Waals surface area contributed by atoms with E-state index in [-0.39, 0.29) is 22.4 Å². The van der Waals surface area contributed by atoms with Crippen LogP contribution in [0.15, 0.2) is 23.1 Å². The molecule has 1 heterocycles. The summed E-state index contributed by atoms with van der Waals surface area (Å²) in [6.45, 7) is 5.57. The quantitative estimate of drug-likeness (QED) is 0.560. The highest BCUT2D eigenvalue weighted by Crippen LogP contribution is 2.31. The van der Waals surface area contributed by atoms with Crippen LogP contribution < -0.4 is 10.6 Å². The van der Waals surface area contributed by atoms with Gasteiger partial charge in [0.05, 0.1) is 15.9 Å². The number of hydrogen-bond acceptors (Lipinski definition) is 7. The van der Waals surface area contributed by atoms with Crippen molar-refractivity contribution >= 4 is 27.1 Å². The molecule has 1 aromatic carbocycles. The average molecular weight is 398 g/mol. The van der Waals surface area contributed by atoms with Gasteiger partial charge in [-0.25, -0.2) is 8.42 Å². The highest BCUT2D eigenvalue weighted by Gasteiger charge is 2.30. The molecule has 0 spiro atoms. The van der Waals surface area contributed by atoms with Crippen molar-refractivity contribution in [3.63, 3.8) is 0 Å². The number of anilines is 1. The van der Waals surface area contributed by atoms with E-state index >= 15 is 0 Å². The Morgan fingerprint density at radius 1 is 1.30 bits per heavy atom. The van der Waals surface area contributed by atoms with Crippen LogP contribution in [0.4, 0.5) is 11.4 Å². The molecule has 2 N–H and O–H groups in total. The standard InChI is InChI=1S/C17H26N4O5S/c1-4-12(2)16(18)17(22)20-9-7-19(8-10-20)14-6-5-13(27(3,25)26)11-15(14)21(23)24/h5-6,11-12,16H,4,7-10,18H2,1-3H3. The molecule has 2 rings (SSSR count). The molecule has 27 heavy (non-hydrogen) atoms. The van der Waals surface area contributed by atoms with E-state index in [0.29, 0.717) is 31.9 Å². The van der Waals surface area contributed by atoms with E-state index in [1.165, 1.54) is 12.1 Å². The molecule has 1 saturated heterocycles. The van der Waals surface area contributed by atoms with Crippen molar-refractivity contribution < 1.29 is 18.1 Å². The van der Waals surface area contributed by atoms with Gasteiger partial charge in [-0.05, 0) is 18.1 Å². The van der Waals surface area contributed by atoms with Crippen LogP contribution in [0.2, 0.25) is 0 Å². The van der Waals surface area contributed by atoms with Crippen molar-refractivity contribution in [1.82, 2.24) is 4.90 Å². The molecule has 2 atom stereocenters. The number of carbonyl (C=O) groups is 1. The number of amides is 1. The summed E-state index contributed by atoms with van der Waals surface area (Å²) in [5.41, 5.74) is 6.12. The summed E-state index contributed by atoms with van der Waals surface area (Å²) in [5.74, 6) is -0.0221. The number of piperazine rings is 1. The number of nitrogens with two attached hydrogens (primary N) is 1. The average Bonchev–Trinajstić information content (AvgIpc) is 2.65. The Hall–Kier alpha value is -2.20. The summed E-state index contributed by atoms with van der Waals surface area (Å²) in [6.07, 6.45) is 1.82. The predicted molar refractivity (Wildman–Crippen MR) is 102 cm³/mol. The summed E-state index contributed by atoms with van der Waals surface area (Å²) >= 11 is 0. The lowest BCUT2D eigenvalue weighted by Gasteiger charge is -2.37. The summed E-state index contributed by atoms with van der Waals surface area (Å²) in [5, 5.41) is 11.4. The lowest BCUT2D eigenvalue weighted by molar-refractivity contribution is -0.384. The van der Waals surface area contributed by atoms with E-state index in [9.17, 15) is 23.3 Å². The summed E-state index contributed by atoms with van der Waals surface area (Å²) < 4.78 is 23.3. The fourth-order valence-electron chi connectivity index (χ4n) is 3.02. The minimum Gasteiger partial charge on any atom is -0.362 e. The maximum absolute atomic E-state index is 12.5. The summed E-state index contributed by atoms with van der Waals surface area (Å²) in [6, 6.07) is 3.36. The largest absolute Gasteiger partial charge is 0.362 e. The number of hydrogen-bond donors (Lipinski definition) is 1. The fourth-order valence-corrected chi connectivity index (χ4v) is 3.66. The molecule has 9 nitrogen and oxygen atoms in total. The Morgan fingerprint density at radius 3 is 2.37 bits per heavy atom. The predicted octanol–water partition coefficient (Wildman–Crippen LogP) is 1.02. The Bertz CT molecular complexity index is 819. The van der Waals surface area contributed by atoms with Gasteiger partial charge in [0.15, 0.2) is 9.84 Å². The Balaban J connectivity index is 2.16. The van der Waals surface area contributed by atoms with Crippen LogP contribution in [0.5, 0.6) is 0 Å². The molecule has 0 radical (unpaired) electrons. The van der Waals surface area contributed by atoms with Gasteiger partial charge in [0.1, 0.15) is 5.69 Å². The van der Waals surface area contributed by atoms with Crippen molar-refractivity contribution in [2.45, 2.75) is 31.2 Å². The normalized spacial score (nSPS) is 17.5. The SMILES string of the molecule is CCC(C)C(N)C(=O)N1CCN(c2ccc(S(C)(=O)=O)cc2[N+](=O)[O-])CC1. The molecular weight excluding hydrogens is 372 g/mol. The van der Waals surface area contributed by atoms with Crippen molar-refractivity contribution in [2.75, 3.05) is 37.3 Å². The van der Waals surface area contributed by atoms with Crippen molar-refractivity contribution in [3.05, 3.63) is 28.3 Å². The zero-order chi connectivity index (χ0) is 20.4. The second-order valence-electron chi connectivity index (χ2n) is 6.90. The molecule has 10 heteroatoms. The molecule has 0 bridgehead atoms. The third-order valence-electron chi connectivity index (χ3n) is 5.05. The second-order valence-corrected chi connectivity index (χ2v) is 8.92. The van der Waals surface area contributed by atoms with Gasteiger partial charge in [-0.2, -0.15) is 0 Å². The van der Waals surface area contributed by atoms with Crippen LogP contribution in [-0.4, -0.2) is 62.6 Å². The van der Waals surface area contributed by atoms with Gasteiger partial charge in [0.25, 0.3) is 5.69 Å². The van der Waals surface area contributed by atoms with E-state index in [2.05, 4.69) is 0 Å². The lowest BCUT2D eigenvalue weighted by atomic mass is 9.98. The van der Waals surface area contributed by atoms with Crippen LogP contribution in [0.3, 0.4) is 0 Å². The maximum atomic E-state index is 12.5. The van der Waals surface area contributed by atoms with Gasteiger partial charge in [0, 0.05) is 38.5 Å². The van der Waals surface area contributed by atoms with Gasteiger partial charge in [-0.1, -0.05) is 20.3 Å². The molecule has 0 saturated carbocycles. The molecule has 0 aliphatic carbocycles. The van der Waals surface area contributed by atoms with E-state index in [4.69, 9.17) is 5.73 Å². The zero-order valence-electron chi connectivity index (χ0n) is 15.8. The van der Waals surface area contributed by atoms with Gasteiger partial charge in [-0.3, -0.25) is 14.9 Å². The first-order valence-electron chi connectivity index (χ1n) is 8.84. The third kappa shape index (κ3) is 4.75. The van der Waals surface area contributed by atoms with Crippen LogP contribution in [0, 0.1) is 16.0 Å². The van der Waals surface area contributed by atoms with Gasteiger partial charge >= 0.3 is 0 Å². The minimum atomic E-state index is -3.54. The molecule has 1 aromatic rings. The highest BCUT2D eigenvalue weighted by molar-refractivity contribution is 7.90. The number of nitrogens with zero attached hydrogens (tertiary/aromatic N) is 3. The number of carbonyl (C=O) groups excluding carboxylic acids is 1. The monoisotopic (exact) mass is 398 g/mol. The molecule has 1 fully saturated rings. The molecule has 2 unspecified atom stereocenters. The van der Waals surface area contributed by atoms with Crippen LogP contribution in [0.25, 0.3) is 0 Å². The van der Waals surface area contributed by atoms with Crippen molar-refractivity contribution in [1.29, 1.82) is 0 Å². The van der Waals surface area contributed by atoms with E-state index in [0.717, 1.165) is 18.7 Å². The second kappa shape index (κ2) is 8.22.